The van der Waals surface area contributed by atoms with Gasteiger partial charge in [0, 0.05) is 5.69 Å². The molecule has 6 heteroatoms. The maximum Gasteiger partial charge on any atom is 0.237 e. The molecule has 1 aromatic carbocycles. The number of hydrogen-bond acceptors (Lipinski definition) is 3. The molecule has 98 valence electrons. The molecule has 0 aliphatic heterocycles. The van der Waals surface area contributed by atoms with Gasteiger partial charge in [-0.05, 0) is 38.5 Å². The van der Waals surface area contributed by atoms with E-state index in [-0.39, 0.29) is 5.84 Å². The molecule has 4 N–H and O–H groups in total. The number of oxime groups is 1. The van der Waals surface area contributed by atoms with Crippen molar-refractivity contribution in [2.75, 3.05) is 5.32 Å². The molecule has 0 saturated heterocycles. The summed E-state index contributed by atoms with van der Waals surface area (Å²) in [5.41, 5.74) is 5.33. The van der Waals surface area contributed by atoms with Crippen molar-refractivity contribution in [3.63, 3.8) is 0 Å². The number of halogens is 1. The molecule has 1 rings (SSSR count). The van der Waals surface area contributed by atoms with Gasteiger partial charge in [-0.2, -0.15) is 0 Å². The molecule has 0 aromatic heterocycles. The number of aryl methyl sites for hydroxylation is 1. The summed E-state index contributed by atoms with van der Waals surface area (Å²) >= 11 is 0. The van der Waals surface area contributed by atoms with Gasteiger partial charge in [-0.1, -0.05) is 11.2 Å². The highest BCUT2D eigenvalue weighted by Crippen LogP contribution is 2.21. The number of rotatable bonds is 3. The lowest BCUT2D eigenvalue weighted by Gasteiger charge is -2.22. The van der Waals surface area contributed by atoms with Crippen LogP contribution in [0.15, 0.2) is 23.4 Å². The molecule has 1 amide bonds. The van der Waals surface area contributed by atoms with Crippen molar-refractivity contribution in [1.82, 2.24) is 0 Å². The lowest BCUT2D eigenvalue weighted by atomic mass is 9.90. The minimum atomic E-state index is -1.19. The van der Waals surface area contributed by atoms with Gasteiger partial charge in [0.05, 0.1) is 0 Å². The van der Waals surface area contributed by atoms with E-state index in [9.17, 15) is 9.18 Å². The zero-order valence-corrected chi connectivity index (χ0v) is 10.5. The van der Waals surface area contributed by atoms with Crippen LogP contribution in [-0.2, 0) is 4.79 Å². The van der Waals surface area contributed by atoms with E-state index in [1.165, 1.54) is 26.0 Å². The standard InChI is InChI=1S/C12H16FN3O2/c1-7-4-5-8(13)6-9(7)15-11(17)12(2,3)10(14)16-18/h4-6,18H,1-3H3,(H2,14,16)(H,15,17). The molecule has 0 aliphatic rings. The van der Waals surface area contributed by atoms with Gasteiger partial charge < -0.3 is 16.3 Å². The molecule has 0 atom stereocenters. The van der Waals surface area contributed by atoms with Crippen LogP contribution in [0, 0.1) is 18.2 Å². The Bertz CT molecular complexity index is 498. The first-order valence-corrected chi connectivity index (χ1v) is 5.34. The first kappa shape index (κ1) is 14.0. The lowest BCUT2D eigenvalue weighted by Crippen LogP contribution is -2.42. The van der Waals surface area contributed by atoms with Crippen LogP contribution in [0.4, 0.5) is 10.1 Å². The summed E-state index contributed by atoms with van der Waals surface area (Å²) in [6.45, 7) is 4.75. The van der Waals surface area contributed by atoms with Crippen LogP contribution < -0.4 is 11.1 Å². The normalized spacial score (nSPS) is 12.3. The Morgan fingerprint density at radius 3 is 2.67 bits per heavy atom. The van der Waals surface area contributed by atoms with Crippen LogP contribution in [0.5, 0.6) is 0 Å². The number of carbonyl (C=O) groups is 1. The molecular weight excluding hydrogens is 237 g/mol. The first-order valence-electron chi connectivity index (χ1n) is 5.34. The number of carbonyl (C=O) groups excluding carboxylic acids is 1. The predicted octanol–water partition coefficient (Wildman–Crippen LogP) is 1.85. The molecule has 0 fully saturated rings. The van der Waals surface area contributed by atoms with Gasteiger partial charge in [-0.25, -0.2) is 4.39 Å². The molecule has 5 nitrogen and oxygen atoms in total. The molecule has 0 unspecified atom stereocenters. The number of nitrogens with two attached hydrogens (primary N) is 1. The second-order valence-corrected chi connectivity index (χ2v) is 4.52. The summed E-state index contributed by atoms with van der Waals surface area (Å²) in [4.78, 5) is 12.0. The smallest absolute Gasteiger partial charge is 0.237 e. The molecule has 0 radical (unpaired) electrons. The SMILES string of the molecule is Cc1ccc(F)cc1NC(=O)C(C)(C)C(N)=NO. The Morgan fingerprint density at radius 1 is 1.50 bits per heavy atom. The molecular formula is C12H16FN3O2. The molecule has 0 bridgehead atoms. The first-order chi connectivity index (χ1) is 8.28. The second-order valence-electron chi connectivity index (χ2n) is 4.52. The fourth-order valence-electron chi connectivity index (χ4n) is 1.25. The fraction of sp³-hybridized carbons (Fsp3) is 0.333. The summed E-state index contributed by atoms with van der Waals surface area (Å²) < 4.78 is 13.1. The highest BCUT2D eigenvalue weighted by atomic mass is 19.1. The fourth-order valence-corrected chi connectivity index (χ4v) is 1.25. The number of anilines is 1. The topological polar surface area (TPSA) is 87.7 Å². The Kier molecular flexibility index (Phi) is 3.90. The van der Waals surface area contributed by atoms with Crippen molar-refractivity contribution >= 4 is 17.4 Å². The lowest BCUT2D eigenvalue weighted by molar-refractivity contribution is -0.121. The molecule has 0 aliphatic carbocycles. The minimum absolute atomic E-state index is 0.214. The van der Waals surface area contributed by atoms with Gasteiger partial charge in [0.15, 0.2) is 5.84 Å². The zero-order valence-electron chi connectivity index (χ0n) is 10.5. The van der Waals surface area contributed by atoms with E-state index in [4.69, 9.17) is 10.9 Å². The van der Waals surface area contributed by atoms with E-state index in [1.807, 2.05) is 0 Å². The average molecular weight is 253 g/mol. The van der Waals surface area contributed by atoms with Crippen molar-refractivity contribution in [3.05, 3.63) is 29.6 Å². The third-order valence-electron chi connectivity index (χ3n) is 2.76. The molecule has 0 heterocycles. The van der Waals surface area contributed by atoms with Crippen molar-refractivity contribution in [2.24, 2.45) is 16.3 Å². The average Bonchev–Trinajstić information content (AvgIpc) is 2.32. The number of amidine groups is 1. The Morgan fingerprint density at radius 2 is 2.11 bits per heavy atom. The second kappa shape index (κ2) is 5.03. The van der Waals surface area contributed by atoms with E-state index < -0.39 is 17.1 Å². The van der Waals surface area contributed by atoms with E-state index >= 15 is 0 Å². The summed E-state index contributed by atoms with van der Waals surface area (Å²) in [7, 11) is 0. The molecule has 0 spiro atoms. The third kappa shape index (κ3) is 2.77. The minimum Gasteiger partial charge on any atom is -0.409 e. The van der Waals surface area contributed by atoms with Gasteiger partial charge in [-0.15, -0.1) is 0 Å². The van der Waals surface area contributed by atoms with Gasteiger partial charge in [0.2, 0.25) is 5.91 Å². The maximum absolute atomic E-state index is 13.1. The number of benzene rings is 1. The Labute approximate surface area is 104 Å². The monoisotopic (exact) mass is 253 g/mol. The summed E-state index contributed by atoms with van der Waals surface area (Å²) in [5, 5.41) is 14.0. The van der Waals surface area contributed by atoms with Crippen LogP contribution >= 0.6 is 0 Å². The molecule has 18 heavy (non-hydrogen) atoms. The van der Waals surface area contributed by atoms with Gasteiger partial charge >= 0.3 is 0 Å². The number of hydrogen-bond donors (Lipinski definition) is 3. The van der Waals surface area contributed by atoms with Crippen LogP contribution in [0.3, 0.4) is 0 Å². The molecule has 0 saturated carbocycles. The quantitative estimate of drug-likeness (QED) is 0.332. The highest BCUT2D eigenvalue weighted by Gasteiger charge is 2.33. The van der Waals surface area contributed by atoms with Crippen LogP contribution in [0.1, 0.15) is 19.4 Å². The van der Waals surface area contributed by atoms with Crippen LogP contribution in [-0.4, -0.2) is 17.0 Å². The van der Waals surface area contributed by atoms with Crippen molar-refractivity contribution in [2.45, 2.75) is 20.8 Å². The van der Waals surface area contributed by atoms with Crippen molar-refractivity contribution in [3.8, 4) is 0 Å². The van der Waals surface area contributed by atoms with E-state index in [2.05, 4.69) is 10.5 Å². The van der Waals surface area contributed by atoms with E-state index in [0.717, 1.165) is 5.56 Å². The van der Waals surface area contributed by atoms with Crippen LogP contribution in [0.25, 0.3) is 0 Å². The molecule has 1 aromatic rings. The largest absolute Gasteiger partial charge is 0.409 e. The van der Waals surface area contributed by atoms with Crippen LogP contribution in [0.2, 0.25) is 0 Å². The predicted molar refractivity (Wildman–Crippen MR) is 67.0 cm³/mol. The summed E-state index contributed by atoms with van der Waals surface area (Å²) in [6, 6.07) is 4.08. The summed E-state index contributed by atoms with van der Waals surface area (Å²) in [6.07, 6.45) is 0. The third-order valence-corrected chi connectivity index (χ3v) is 2.76. The van der Waals surface area contributed by atoms with Gasteiger partial charge in [0.25, 0.3) is 0 Å². The number of nitrogens with zero attached hydrogens (tertiary/aromatic N) is 1. The Balaban J connectivity index is 2.98. The number of amides is 1. The van der Waals surface area contributed by atoms with Crippen molar-refractivity contribution < 1.29 is 14.4 Å². The van der Waals surface area contributed by atoms with Gasteiger partial charge in [-0.3, -0.25) is 4.79 Å². The summed E-state index contributed by atoms with van der Waals surface area (Å²) in [5.74, 6) is -1.14. The number of nitrogens with one attached hydrogen (secondary N) is 1. The maximum atomic E-state index is 13.1. The Hall–Kier alpha value is -2.11. The van der Waals surface area contributed by atoms with E-state index in [0.29, 0.717) is 5.69 Å². The van der Waals surface area contributed by atoms with E-state index in [1.54, 1.807) is 13.0 Å². The highest BCUT2D eigenvalue weighted by molar-refractivity contribution is 6.11. The van der Waals surface area contributed by atoms with Crippen molar-refractivity contribution in [1.29, 1.82) is 0 Å². The van der Waals surface area contributed by atoms with Gasteiger partial charge in [0.1, 0.15) is 11.2 Å². The zero-order chi connectivity index (χ0) is 13.9.